The molecular formula is C13H25NO4. The van der Waals surface area contributed by atoms with Crippen LogP contribution in [0.2, 0.25) is 0 Å². The van der Waals surface area contributed by atoms with Gasteiger partial charge in [-0.1, -0.05) is 32.6 Å². The van der Waals surface area contributed by atoms with Crippen molar-refractivity contribution < 1.29 is 19.8 Å². The predicted molar refractivity (Wildman–Crippen MR) is 69.3 cm³/mol. The Labute approximate surface area is 109 Å². The van der Waals surface area contributed by atoms with Gasteiger partial charge in [-0.2, -0.15) is 0 Å². The van der Waals surface area contributed by atoms with Gasteiger partial charge in [-0.15, -0.1) is 0 Å². The van der Waals surface area contributed by atoms with Crippen molar-refractivity contribution >= 4 is 11.9 Å². The molecule has 5 heteroatoms. The Morgan fingerprint density at radius 2 is 1.61 bits per heavy atom. The number of rotatable bonds is 11. The quantitative estimate of drug-likeness (QED) is 0.437. The van der Waals surface area contributed by atoms with Gasteiger partial charge in [-0.05, 0) is 12.8 Å². The van der Waals surface area contributed by atoms with Crippen LogP contribution < -0.4 is 0 Å². The fourth-order valence-corrected chi connectivity index (χ4v) is 1.77. The van der Waals surface area contributed by atoms with Crippen LogP contribution in [-0.2, 0) is 9.59 Å². The van der Waals surface area contributed by atoms with Crippen LogP contribution in [0.3, 0.4) is 0 Å². The van der Waals surface area contributed by atoms with Gasteiger partial charge in [-0.3, -0.25) is 9.59 Å². The van der Waals surface area contributed by atoms with Crippen LogP contribution in [0.4, 0.5) is 0 Å². The number of amides is 1. The highest BCUT2D eigenvalue weighted by atomic mass is 16.4. The van der Waals surface area contributed by atoms with Crippen molar-refractivity contribution in [3.05, 3.63) is 0 Å². The third-order valence-electron chi connectivity index (χ3n) is 2.77. The van der Waals surface area contributed by atoms with Gasteiger partial charge >= 0.3 is 5.97 Å². The van der Waals surface area contributed by atoms with Gasteiger partial charge in [0.2, 0.25) is 5.91 Å². The zero-order valence-electron chi connectivity index (χ0n) is 11.2. The van der Waals surface area contributed by atoms with Crippen molar-refractivity contribution in [3.63, 3.8) is 0 Å². The number of carboxylic acids is 1. The normalized spacial score (nSPS) is 10.3. The lowest BCUT2D eigenvalue weighted by molar-refractivity contribution is -0.144. The van der Waals surface area contributed by atoms with E-state index in [1.807, 2.05) is 0 Å². The molecule has 0 aliphatic heterocycles. The molecule has 0 aliphatic rings. The highest BCUT2D eigenvalue weighted by Gasteiger charge is 2.15. The third-order valence-corrected chi connectivity index (χ3v) is 2.77. The van der Waals surface area contributed by atoms with Gasteiger partial charge in [0.1, 0.15) is 6.42 Å². The molecule has 0 aromatic heterocycles. The van der Waals surface area contributed by atoms with E-state index in [1.54, 1.807) is 4.90 Å². The van der Waals surface area contributed by atoms with E-state index < -0.39 is 12.4 Å². The van der Waals surface area contributed by atoms with Crippen molar-refractivity contribution in [1.82, 2.24) is 4.90 Å². The zero-order valence-corrected chi connectivity index (χ0v) is 11.2. The van der Waals surface area contributed by atoms with E-state index >= 15 is 0 Å². The summed E-state index contributed by atoms with van der Waals surface area (Å²) in [5.41, 5.74) is 0. The van der Waals surface area contributed by atoms with Crippen LogP contribution in [0.1, 0.15) is 51.9 Å². The Morgan fingerprint density at radius 1 is 1.00 bits per heavy atom. The van der Waals surface area contributed by atoms with E-state index in [9.17, 15) is 9.59 Å². The molecule has 1 amide bonds. The summed E-state index contributed by atoms with van der Waals surface area (Å²) in [4.78, 5) is 23.7. The van der Waals surface area contributed by atoms with E-state index in [0.29, 0.717) is 19.5 Å². The van der Waals surface area contributed by atoms with Crippen LogP contribution in [0.25, 0.3) is 0 Å². The first-order valence-electron chi connectivity index (χ1n) is 6.72. The first-order chi connectivity index (χ1) is 8.61. The van der Waals surface area contributed by atoms with E-state index in [4.69, 9.17) is 10.2 Å². The molecule has 5 nitrogen and oxygen atoms in total. The number of aliphatic hydroxyl groups excluding tert-OH is 1. The molecule has 0 aromatic carbocycles. The Bertz CT molecular complexity index is 243. The molecule has 106 valence electrons. The van der Waals surface area contributed by atoms with Gasteiger partial charge in [0.05, 0.1) is 0 Å². The maximum Gasteiger partial charge on any atom is 0.312 e. The number of nitrogens with zero attached hydrogens (tertiary/aromatic N) is 1. The summed E-state index contributed by atoms with van der Waals surface area (Å²) >= 11 is 0. The van der Waals surface area contributed by atoms with Crippen molar-refractivity contribution in [2.75, 3.05) is 19.7 Å². The fraction of sp³-hybridized carbons (Fsp3) is 0.846. The monoisotopic (exact) mass is 259 g/mol. The number of aliphatic carboxylic acids is 1. The zero-order chi connectivity index (χ0) is 13.8. The minimum Gasteiger partial charge on any atom is -0.481 e. The number of carboxylic acid groups (broad SMARTS) is 1. The molecule has 18 heavy (non-hydrogen) atoms. The number of hydrogen-bond donors (Lipinski definition) is 2. The smallest absolute Gasteiger partial charge is 0.312 e. The fourth-order valence-electron chi connectivity index (χ4n) is 1.77. The van der Waals surface area contributed by atoms with Crippen LogP contribution in [0.5, 0.6) is 0 Å². The minimum atomic E-state index is -1.10. The predicted octanol–water partition coefficient (Wildman–Crippen LogP) is 1.64. The standard InChI is InChI=1S/C13H25NO4/c1-2-3-4-5-6-8-14(9-7-10-15)12(16)11-13(17)18/h15H,2-11H2,1H3,(H,17,18). The van der Waals surface area contributed by atoms with Gasteiger partial charge in [0.15, 0.2) is 0 Å². The van der Waals surface area contributed by atoms with E-state index in [1.165, 1.54) is 12.8 Å². The number of hydrogen-bond acceptors (Lipinski definition) is 3. The van der Waals surface area contributed by atoms with Crippen molar-refractivity contribution in [2.24, 2.45) is 0 Å². The van der Waals surface area contributed by atoms with Crippen molar-refractivity contribution in [1.29, 1.82) is 0 Å². The highest BCUT2D eigenvalue weighted by Crippen LogP contribution is 2.05. The highest BCUT2D eigenvalue weighted by molar-refractivity contribution is 5.93. The summed E-state index contributed by atoms with van der Waals surface area (Å²) in [6.45, 7) is 3.20. The molecule has 0 heterocycles. The van der Waals surface area contributed by atoms with Gasteiger partial charge in [0, 0.05) is 19.7 Å². The van der Waals surface area contributed by atoms with Gasteiger partial charge < -0.3 is 15.1 Å². The molecule has 0 saturated carbocycles. The number of unbranched alkanes of at least 4 members (excludes halogenated alkanes) is 4. The summed E-state index contributed by atoms with van der Waals surface area (Å²) < 4.78 is 0. The average Bonchev–Trinajstić information content (AvgIpc) is 2.31. The lowest BCUT2D eigenvalue weighted by atomic mass is 10.1. The van der Waals surface area contributed by atoms with E-state index in [0.717, 1.165) is 19.3 Å². The summed E-state index contributed by atoms with van der Waals surface area (Å²) in [6, 6.07) is 0. The van der Waals surface area contributed by atoms with Crippen LogP contribution in [0, 0.1) is 0 Å². The molecule has 0 aromatic rings. The van der Waals surface area contributed by atoms with Crippen LogP contribution in [0.15, 0.2) is 0 Å². The SMILES string of the molecule is CCCCCCCN(CCCO)C(=O)CC(=O)O. The first-order valence-corrected chi connectivity index (χ1v) is 6.72. The molecule has 2 N–H and O–H groups in total. The summed E-state index contributed by atoms with van der Waals surface area (Å²) in [5, 5.41) is 17.4. The topological polar surface area (TPSA) is 77.8 Å². The Morgan fingerprint density at radius 3 is 2.17 bits per heavy atom. The molecular weight excluding hydrogens is 234 g/mol. The molecule has 0 radical (unpaired) electrons. The lowest BCUT2D eigenvalue weighted by Gasteiger charge is -2.21. The second-order valence-corrected chi connectivity index (χ2v) is 4.44. The average molecular weight is 259 g/mol. The molecule has 0 unspecified atom stereocenters. The number of aliphatic hydroxyl groups is 1. The number of carbonyl (C=O) groups excluding carboxylic acids is 1. The molecule has 0 aliphatic carbocycles. The van der Waals surface area contributed by atoms with Crippen molar-refractivity contribution in [2.45, 2.75) is 51.9 Å². The van der Waals surface area contributed by atoms with Gasteiger partial charge in [-0.25, -0.2) is 0 Å². The van der Waals surface area contributed by atoms with E-state index in [2.05, 4.69) is 6.92 Å². The molecule has 0 rings (SSSR count). The Kier molecular flexibility index (Phi) is 10.3. The molecule has 0 bridgehead atoms. The van der Waals surface area contributed by atoms with Crippen molar-refractivity contribution in [3.8, 4) is 0 Å². The maximum absolute atomic E-state index is 11.6. The minimum absolute atomic E-state index is 0.0205. The molecule has 0 fully saturated rings. The summed E-state index contributed by atoms with van der Waals surface area (Å²) in [7, 11) is 0. The van der Waals surface area contributed by atoms with E-state index in [-0.39, 0.29) is 12.5 Å². The lowest BCUT2D eigenvalue weighted by Crippen LogP contribution is -2.34. The summed E-state index contributed by atoms with van der Waals surface area (Å²) in [5.74, 6) is -1.45. The second-order valence-electron chi connectivity index (χ2n) is 4.44. The second kappa shape index (κ2) is 11.0. The number of carbonyl (C=O) groups is 2. The Balaban J connectivity index is 3.97. The molecule has 0 spiro atoms. The summed E-state index contributed by atoms with van der Waals surface area (Å²) in [6.07, 6.45) is 5.52. The van der Waals surface area contributed by atoms with Gasteiger partial charge in [0.25, 0.3) is 0 Å². The largest absolute Gasteiger partial charge is 0.481 e. The van der Waals surface area contributed by atoms with Crippen LogP contribution >= 0.6 is 0 Å². The Hall–Kier alpha value is -1.10. The maximum atomic E-state index is 11.6. The third kappa shape index (κ3) is 8.98. The molecule has 0 atom stereocenters. The molecule has 0 saturated heterocycles. The van der Waals surface area contributed by atoms with Crippen LogP contribution in [-0.4, -0.2) is 46.7 Å². The first kappa shape index (κ1) is 16.9.